The fraction of sp³-hybridized carbons (Fsp3) is 0.812. The van der Waals surface area contributed by atoms with E-state index in [4.69, 9.17) is 14.2 Å². The summed E-state index contributed by atoms with van der Waals surface area (Å²) < 4.78 is 15.1. The van der Waals surface area contributed by atoms with Gasteiger partial charge in [0.25, 0.3) is 0 Å². The number of amides is 2. The lowest BCUT2D eigenvalue weighted by Crippen LogP contribution is -2.60. The molecule has 0 radical (unpaired) electrons. The zero-order valence-electron chi connectivity index (χ0n) is 16.2. The van der Waals surface area contributed by atoms with E-state index in [0.717, 1.165) is 0 Å². The molecule has 0 bridgehead atoms. The minimum atomic E-state index is -1.50. The van der Waals surface area contributed by atoms with E-state index in [-0.39, 0.29) is 6.61 Å². The van der Waals surface area contributed by atoms with E-state index >= 15 is 0 Å². The average molecular weight is 362 g/mol. The highest BCUT2D eigenvalue weighted by molar-refractivity contribution is 5.83. The van der Waals surface area contributed by atoms with Gasteiger partial charge in [-0.05, 0) is 55.4 Å². The Balaban J connectivity index is 5.58. The first-order valence-corrected chi connectivity index (χ1v) is 8.04. The fourth-order valence-corrected chi connectivity index (χ4v) is 1.68. The number of carbonyl (C=O) groups is 3. The summed E-state index contributed by atoms with van der Waals surface area (Å²) in [7, 11) is 0. The molecule has 2 N–H and O–H groups in total. The highest BCUT2D eigenvalue weighted by Gasteiger charge is 2.39. The maximum atomic E-state index is 12.4. The number of ether oxygens (including phenoxy) is 3. The molecular weight excluding hydrogens is 332 g/mol. The Kier molecular flexibility index (Phi) is 8.17. The third-order valence-electron chi connectivity index (χ3n) is 2.46. The summed E-state index contributed by atoms with van der Waals surface area (Å²) in [6.45, 7) is 12.7. The van der Waals surface area contributed by atoms with Crippen LogP contribution in [0.25, 0.3) is 0 Å². The Morgan fingerprint density at radius 3 is 1.88 bits per heavy atom. The second kappa shape index (κ2) is 8.89. The fourth-order valence-electron chi connectivity index (χ4n) is 1.68. The van der Waals surface area contributed by atoms with E-state index in [2.05, 4.69) is 5.43 Å². The lowest BCUT2D eigenvalue weighted by atomic mass is 10.1. The predicted molar refractivity (Wildman–Crippen MR) is 89.5 cm³/mol. The molecule has 0 aliphatic rings. The number of hydrazine groups is 1. The molecule has 0 rings (SSSR count). The molecule has 0 aromatic rings. The van der Waals surface area contributed by atoms with Crippen LogP contribution in [0.5, 0.6) is 0 Å². The van der Waals surface area contributed by atoms with Crippen molar-refractivity contribution in [3.8, 4) is 0 Å². The van der Waals surface area contributed by atoms with Crippen LogP contribution in [-0.2, 0) is 19.0 Å². The number of carbonyl (C=O) groups excluding carboxylic acids is 3. The van der Waals surface area contributed by atoms with E-state index in [1.165, 1.54) is 6.92 Å². The molecule has 2 atom stereocenters. The van der Waals surface area contributed by atoms with Crippen molar-refractivity contribution in [3.05, 3.63) is 0 Å². The first-order chi connectivity index (χ1) is 11.2. The van der Waals surface area contributed by atoms with Crippen molar-refractivity contribution in [2.45, 2.75) is 78.7 Å². The molecule has 2 amide bonds. The van der Waals surface area contributed by atoms with E-state index < -0.39 is 41.5 Å². The number of rotatable bonds is 4. The van der Waals surface area contributed by atoms with Crippen LogP contribution in [-0.4, -0.2) is 58.2 Å². The van der Waals surface area contributed by atoms with E-state index in [0.29, 0.717) is 5.01 Å². The quantitative estimate of drug-likeness (QED) is 0.446. The molecule has 9 nitrogen and oxygen atoms in total. The van der Waals surface area contributed by atoms with Gasteiger partial charge >= 0.3 is 18.2 Å². The highest BCUT2D eigenvalue weighted by atomic mass is 16.6. The molecule has 0 aliphatic carbocycles. The first-order valence-electron chi connectivity index (χ1n) is 8.04. The largest absolute Gasteiger partial charge is 0.464 e. The van der Waals surface area contributed by atoms with Crippen LogP contribution < -0.4 is 5.43 Å². The van der Waals surface area contributed by atoms with Gasteiger partial charge in [-0.2, -0.15) is 5.01 Å². The van der Waals surface area contributed by atoms with Crippen molar-refractivity contribution >= 4 is 18.2 Å². The van der Waals surface area contributed by atoms with Crippen molar-refractivity contribution in [3.63, 3.8) is 0 Å². The summed E-state index contributed by atoms with van der Waals surface area (Å²) in [6, 6.07) is -1.50. The summed E-state index contributed by atoms with van der Waals surface area (Å²) in [4.78, 5) is 36.6. The number of hydrogen-bond donors (Lipinski definition) is 2. The molecule has 0 heterocycles. The molecule has 0 aromatic heterocycles. The maximum Gasteiger partial charge on any atom is 0.430 e. The Labute approximate surface area is 148 Å². The lowest BCUT2D eigenvalue weighted by molar-refractivity contribution is -0.155. The third kappa shape index (κ3) is 9.13. The molecule has 0 spiro atoms. The summed E-state index contributed by atoms with van der Waals surface area (Å²) in [6.07, 6.45) is -3.34. The van der Waals surface area contributed by atoms with Crippen LogP contribution >= 0.6 is 0 Å². The van der Waals surface area contributed by atoms with Gasteiger partial charge in [0.05, 0.1) is 12.7 Å². The predicted octanol–water partition coefficient (Wildman–Crippen LogP) is 1.98. The van der Waals surface area contributed by atoms with E-state index in [1.54, 1.807) is 48.5 Å². The van der Waals surface area contributed by atoms with Crippen molar-refractivity contribution < 1.29 is 33.7 Å². The van der Waals surface area contributed by atoms with Gasteiger partial charge in [-0.3, -0.25) is 0 Å². The Morgan fingerprint density at radius 2 is 1.52 bits per heavy atom. The van der Waals surface area contributed by atoms with Gasteiger partial charge in [0.15, 0.2) is 6.04 Å². The van der Waals surface area contributed by atoms with Crippen molar-refractivity contribution in [1.82, 2.24) is 10.4 Å². The molecule has 1 unspecified atom stereocenters. The Hall–Kier alpha value is -2.03. The topological polar surface area (TPSA) is 114 Å². The number of nitrogens with zero attached hydrogens (tertiary/aromatic N) is 1. The summed E-state index contributed by atoms with van der Waals surface area (Å²) in [5, 5.41) is 10.5. The van der Waals surface area contributed by atoms with Gasteiger partial charge in [-0.25, -0.2) is 19.8 Å². The van der Waals surface area contributed by atoms with Crippen LogP contribution in [0, 0.1) is 0 Å². The van der Waals surface area contributed by atoms with Gasteiger partial charge in [0, 0.05) is 0 Å². The second-order valence-electron chi connectivity index (χ2n) is 7.40. The van der Waals surface area contributed by atoms with Gasteiger partial charge in [0.2, 0.25) is 0 Å². The number of aliphatic hydroxyl groups excluding tert-OH is 1. The molecule has 9 heteroatoms. The van der Waals surface area contributed by atoms with Crippen LogP contribution in [0.3, 0.4) is 0 Å². The lowest BCUT2D eigenvalue weighted by Gasteiger charge is -2.33. The van der Waals surface area contributed by atoms with E-state index in [9.17, 15) is 19.5 Å². The first kappa shape index (κ1) is 23.0. The smallest absolute Gasteiger partial charge is 0.430 e. The van der Waals surface area contributed by atoms with Crippen LogP contribution in [0.15, 0.2) is 0 Å². The number of aliphatic hydroxyl groups is 1. The Bertz CT molecular complexity index is 478. The van der Waals surface area contributed by atoms with Crippen LogP contribution in [0.2, 0.25) is 0 Å². The van der Waals surface area contributed by atoms with Gasteiger partial charge in [0.1, 0.15) is 11.2 Å². The van der Waals surface area contributed by atoms with Crippen molar-refractivity contribution in [1.29, 1.82) is 0 Å². The summed E-state index contributed by atoms with van der Waals surface area (Å²) in [5.41, 5.74) is 0.442. The van der Waals surface area contributed by atoms with Gasteiger partial charge in [-0.1, -0.05) is 0 Å². The van der Waals surface area contributed by atoms with Crippen molar-refractivity contribution in [2.24, 2.45) is 0 Å². The minimum Gasteiger partial charge on any atom is -0.464 e. The summed E-state index contributed by atoms with van der Waals surface area (Å²) >= 11 is 0. The summed E-state index contributed by atoms with van der Waals surface area (Å²) in [5.74, 6) is -0.889. The van der Waals surface area contributed by atoms with Crippen LogP contribution in [0.1, 0.15) is 55.4 Å². The molecule has 0 aromatic carbocycles. The molecule has 146 valence electrons. The van der Waals surface area contributed by atoms with E-state index in [1.807, 2.05) is 0 Å². The second-order valence-corrected chi connectivity index (χ2v) is 7.40. The zero-order valence-corrected chi connectivity index (χ0v) is 16.2. The molecule has 25 heavy (non-hydrogen) atoms. The third-order valence-corrected chi connectivity index (χ3v) is 2.46. The van der Waals surface area contributed by atoms with Gasteiger partial charge in [-0.15, -0.1) is 0 Å². The molecule has 0 saturated carbocycles. The van der Waals surface area contributed by atoms with Gasteiger partial charge < -0.3 is 19.3 Å². The van der Waals surface area contributed by atoms with Crippen LogP contribution in [0.4, 0.5) is 9.59 Å². The monoisotopic (exact) mass is 362 g/mol. The SMILES string of the molecule is CCOC(=O)C([C@@H](C)O)N(NC(=O)OC(C)(C)C)C(=O)OC(C)(C)C. The number of hydrogen-bond acceptors (Lipinski definition) is 7. The molecule has 0 fully saturated rings. The zero-order chi connectivity index (χ0) is 20.0. The Morgan fingerprint density at radius 1 is 1.04 bits per heavy atom. The maximum absolute atomic E-state index is 12.4. The normalized spacial score (nSPS) is 14.1. The minimum absolute atomic E-state index is 0.0383. The molecule has 0 aliphatic heterocycles. The number of nitrogens with one attached hydrogen (secondary N) is 1. The molecular formula is C16H30N2O7. The average Bonchev–Trinajstić information content (AvgIpc) is 2.33. The molecule has 0 saturated heterocycles. The standard InChI is InChI=1S/C16H30N2O7/c1-9-23-12(20)11(10(2)19)18(14(22)25-16(6,7)8)17-13(21)24-15(3,4)5/h10-11,19H,9H2,1-8H3,(H,17,21)/t10-,11?/m1/s1. The number of esters is 1. The highest BCUT2D eigenvalue weighted by Crippen LogP contribution is 2.15. The van der Waals surface area contributed by atoms with Crippen molar-refractivity contribution in [2.75, 3.05) is 6.61 Å².